The van der Waals surface area contributed by atoms with Gasteiger partial charge in [-0.25, -0.2) is 0 Å². The number of aliphatic hydroxyl groups excluding tert-OH is 1. The van der Waals surface area contributed by atoms with Gasteiger partial charge in [0.1, 0.15) is 0 Å². The second-order valence-corrected chi connectivity index (χ2v) is 3.60. The Hall–Kier alpha value is -0.970. The molecular formula is C12H13ClO. The summed E-state index contributed by atoms with van der Waals surface area (Å²) in [6, 6.07) is 7.23. The monoisotopic (exact) mass is 208 g/mol. The van der Waals surface area contributed by atoms with E-state index in [1.165, 1.54) is 0 Å². The van der Waals surface area contributed by atoms with Crippen molar-refractivity contribution in [2.75, 3.05) is 0 Å². The maximum atomic E-state index is 9.73. The summed E-state index contributed by atoms with van der Waals surface area (Å²) in [7, 11) is 0. The van der Waals surface area contributed by atoms with E-state index in [0.717, 1.165) is 12.0 Å². The van der Waals surface area contributed by atoms with Gasteiger partial charge in [-0.1, -0.05) is 23.7 Å². The third-order valence-corrected chi connectivity index (χ3v) is 2.31. The van der Waals surface area contributed by atoms with Gasteiger partial charge < -0.3 is 5.11 Å². The molecule has 0 aromatic heterocycles. The Morgan fingerprint density at radius 3 is 2.57 bits per heavy atom. The zero-order valence-corrected chi connectivity index (χ0v) is 8.67. The van der Waals surface area contributed by atoms with Crippen molar-refractivity contribution in [3.05, 3.63) is 34.9 Å². The highest BCUT2D eigenvalue weighted by molar-refractivity contribution is 6.30. The summed E-state index contributed by atoms with van der Waals surface area (Å²) in [4.78, 5) is 0. The zero-order chi connectivity index (χ0) is 10.4. The van der Waals surface area contributed by atoms with E-state index < -0.39 is 6.10 Å². The summed E-state index contributed by atoms with van der Waals surface area (Å²) in [5.41, 5.74) is 0.895. The molecule has 1 rings (SSSR count). The molecule has 0 saturated heterocycles. The van der Waals surface area contributed by atoms with E-state index in [0.29, 0.717) is 17.9 Å². The van der Waals surface area contributed by atoms with Gasteiger partial charge >= 0.3 is 0 Å². The Labute approximate surface area is 89.7 Å². The number of hydrogen-bond donors (Lipinski definition) is 1. The third kappa shape index (κ3) is 3.41. The quantitative estimate of drug-likeness (QED) is 0.595. The molecule has 2 heteroatoms. The van der Waals surface area contributed by atoms with E-state index in [1.54, 1.807) is 12.1 Å². The molecule has 0 bridgehead atoms. The number of rotatable bonds is 4. The molecule has 0 radical (unpaired) electrons. The Balaban J connectivity index is 2.48. The zero-order valence-electron chi connectivity index (χ0n) is 7.91. The average molecular weight is 209 g/mol. The number of unbranched alkanes of at least 4 members (excludes halogenated alkanes) is 1. The van der Waals surface area contributed by atoms with Gasteiger partial charge in [-0.2, -0.15) is 0 Å². The van der Waals surface area contributed by atoms with Crippen molar-refractivity contribution >= 4 is 11.6 Å². The van der Waals surface area contributed by atoms with Crippen molar-refractivity contribution in [1.82, 2.24) is 0 Å². The number of hydrogen-bond acceptors (Lipinski definition) is 1. The van der Waals surface area contributed by atoms with Crippen LogP contribution in [-0.2, 0) is 0 Å². The van der Waals surface area contributed by atoms with Crippen molar-refractivity contribution in [3.8, 4) is 12.3 Å². The normalized spacial score (nSPS) is 12.1. The lowest BCUT2D eigenvalue weighted by Gasteiger charge is -2.09. The van der Waals surface area contributed by atoms with E-state index in [4.69, 9.17) is 18.0 Å². The molecule has 1 aromatic rings. The van der Waals surface area contributed by atoms with E-state index in [1.807, 2.05) is 12.1 Å². The molecular weight excluding hydrogens is 196 g/mol. The van der Waals surface area contributed by atoms with Gasteiger partial charge in [0.05, 0.1) is 6.10 Å². The molecule has 1 atom stereocenters. The lowest BCUT2D eigenvalue weighted by molar-refractivity contribution is 0.165. The first kappa shape index (κ1) is 11.1. The van der Waals surface area contributed by atoms with Gasteiger partial charge in [-0.05, 0) is 30.5 Å². The van der Waals surface area contributed by atoms with Gasteiger partial charge in [0.25, 0.3) is 0 Å². The fourth-order valence-corrected chi connectivity index (χ4v) is 1.38. The first-order valence-electron chi connectivity index (χ1n) is 4.61. The maximum Gasteiger partial charge on any atom is 0.0790 e. The van der Waals surface area contributed by atoms with Gasteiger partial charge in [0.2, 0.25) is 0 Å². The highest BCUT2D eigenvalue weighted by Gasteiger charge is 2.05. The summed E-state index contributed by atoms with van der Waals surface area (Å²) in [6.45, 7) is 0. The van der Waals surface area contributed by atoms with Crippen LogP contribution in [0.4, 0.5) is 0 Å². The van der Waals surface area contributed by atoms with Crippen LogP contribution in [0.5, 0.6) is 0 Å². The summed E-state index contributed by atoms with van der Waals surface area (Å²) < 4.78 is 0. The Morgan fingerprint density at radius 2 is 2.00 bits per heavy atom. The van der Waals surface area contributed by atoms with Gasteiger partial charge in [-0.15, -0.1) is 12.3 Å². The third-order valence-electron chi connectivity index (χ3n) is 2.05. The van der Waals surface area contributed by atoms with E-state index in [-0.39, 0.29) is 0 Å². The van der Waals surface area contributed by atoms with Crippen LogP contribution in [0.2, 0.25) is 5.02 Å². The second-order valence-electron chi connectivity index (χ2n) is 3.16. The molecule has 0 saturated carbocycles. The summed E-state index contributed by atoms with van der Waals surface area (Å²) in [5, 5.41) is 10.4. The van der Waals surface area contributed by atoms with Gasteiger partial charge in [-0.3, -0.25) is 0 Å². The minimum Gasteiger partial charge on any atom is -0.388 e. The largest absolute Gasteiger partial charge is 0.388 e. The SMILES string of the molecule is C#CCCCC(O)c1ccc(Cl)cc1. The van der Waals surface area contributed by atoms with E-state index in [2.05, 4.69) is 5.92 Å². The average Bonchev–Trinajstić information content (AvgIpc) is 2.19. The van der Waals surface area contributed by atoms with Gasteiger partial charge in [0, 0.05) is 11.4 Å². The first-order valence-corrected chi connectivity index (χ1v) is 4.99. The molecule has 1 aromatic carbocycles. The summed E-state index contributed by atoms with van der Waals surface area (Å²) in [5.74, 6) is 2.55. The van der Waals surface area contributed by atoms with Crippen LogP contribution in [0.25, 0.3) is 0 Å². The smallest absolute Gasteiger partial charge is 0.0790 e. The lowest BCUT2D eigenvalue weighted by Crippen LogP contribution is -1.96. The topological polar surface area (TPSA) is 20.2 Å². The molecule has 1 nitrogen and oxygen atoms in total. The van der Waals surface area contributed by atoms with Crippen LogP contribution in [0, 0.1) is 12.3 Å². The minimum atomic E-state index is -0.430. The van der Waals surface area contributed by atoms with Crippen LogP contribution < -0.4 is 0 Å². The van der Waals surface area contributed by atoms with Crippen LogP contribution in [0.1, 0.15) is 30.9 Å². The van der Waals surface area contributed by atoms with Crippen molar-refractivity contribution in [3.63, 3.8) is 0 Å². The Morgan fingerprint density at radius 1 is 1.36 bits per heavy atom. The molecule has 0 aliphatic carbocycles. The maximum absolute atomic E-state index is 9.73. The molecule has 0 aliphatic rings. The minimum absolute atomic E-state index is 0.430. The lowest BCUT2D eigenvalue weighted by atomic mass is 10.0. The van der Waals surface area contributed by atoms with Crippen molar-refractivity contribution in [1.29, 1.82) is 0 Å². The fourth-order valence-electron chi connectivity index (χ4n) is 1.25. The highest BCUT2D eigenvalue weighted by atomic mass is 35.5. The molecule has 0 heterocycles. The molecule has 1 N–H and O–H groups in total. The standard InChI is InChI=1S/C12H13ClO/c1-2-3-4-5-12(14)10-6-8-11(13)9-7-10/h1,6-9,12,14H,3-5H2. The Kier molecular flexibility index (Phi) is 4.52. The predicted octanol–water partition coefficient (Wildman–Crippen LogP) is 3.18. The number of terminal acetylenes is 1. The van der Waals surface area contributed by atoms with Crippen LogP contribution in [0.15, 0.2) is 24.3 Å². The summed E-state index contributed by atoms with van der Waals surface area (Å²) in [6.07, 6.45) is 6.95. The number of aliphatic hydroxyl groups is 1. The molecule has 14 heavy (non-hydrogen) atoms. The number of benzene rings is 1. The van der Waals surface area contributed by atoms with E-state index >= 15 is 0 Å². The van der Waals surface area contributed by atoms with Gasteiger partial charge in [0.15, 0.2) is 0 Å². The molecule has 1 unspecified atom stereocenters. The van der Waals surface area contributed by atoms with Crippen molar-refractivity contribution in [2.24, 2.45) is 0 Å². The molecule has 74 valence electrons. The second kappa shape index (κ2) is 5.70. The van der Waals surface area contributed by atoms with Crippen LogP contribution in [-0.4, -0.2) is 5.11 Å². The Bertz CT molecular complexity index is 310. The van der Waals surface area contributed by atoms with Crippen molar-refractivity contribution in [2.45, 2.75) is 25.4 Å². The first-order chi connectivity index (χ1) is 6.74. The fraction of sp³-hybridized carbons (Fsp3) is 0.333. The number of halogens is 1. The highest BCUT2D eigenvalue weighted by Crippen LogP contribution is 2.20. The molecule has 0 fully saturated rings. The predicted molar refractivity (Wildman–Crippen MR) is 59.1 cm³/mol. The van der Waals surface area contributed by atoms with Crippen molar-refractivity contribution < 1.29 is 5.11 Å². The summed E-state index contributed by atoms with van der Waals surface area (Å²) >= 11 is 5.73. The van der Waals surface area contributed by atoms with Crippen LogP contribution in [0.3, 0.4) is 0 Å². The molecule has 0 spiro atoms. The van der Waals surface area contributed by atoms with Crippen LogP contribution >= 0.6 is 11.6 Å². The van der Waals surface area contributed by atoms with E-state index in [9.17, 15) is 5.11 Å². The molecule has 0 aliphatic heterocycles. The molecule has 0 amide bonds.